The Kier molecular flexibility index (Phi) is 5.01. The van der Waals surface area contributed by atoms with Gasteiger partial charge in [0.25, 0.3) is 0 Å². The van der Waals surface area contributed by atoms with Gasteiger partial charge >= 0.3 is 5.69 Å². The smallest absolute Gasteiger partial charge is 0.351 e. The Morgan fingerprint density at radius 1 is 1.58 bits per heavy atom. The average Bonchev–Trinajstić information content (AvgIpc) is 2.36. The molecule has 8 nitrogen and oxygen atoms in total. The first-order valence-electron chi connectivity index (χ1n) is 5.76. The highest BCUT2D eigenvalue weighted by atomic mass is 16.6. The van der Waals surface area contributed by atoms with Crippen LogP contribution in [-0.2, 0) is 4.74 Å². The van der Waals surface area contributed by atoms with Crippen LogP contribution in [0, 0.1) is 0 Å². The number of anilines is 1. The van der Waals surface area contributed by atoms with Crippen LogP contribution < -0.4 is 11.4 Å². The number of hydrogen-bond donors (Lipinski definition) is 4. The monoisotopic (exact) mass is 273 g/mol. The van der Waals surface area contributed by atoms with Gasteiger partial charge in [-0.25, -0.2) is 4.79 Å². The van der Waals surface area contributed by atoms with E-state index in [1.807, 2.05) is 0 Å². The fraction of sp³-hybridized carbons (Fsp3) is 0.636. The fourth-order valence-corrected chi connectivity index (χ4v) is 1.41. The van der Waals surface area contributed by atoms with E-state index in [9.17, 15) is 20.1 Å². The average molecular weight is 273 g/mol. The number of hydrogen-bond acceptors (Lipinski definition) is 7. The predicted molar refractivity (Wildman–Crippen MR) is 67.3 cm³/mol. The molecule has 5 N–H and O–H groups in total. The van der Waals surface area contributed by atoms with Gasteiger partial charge in [0, 0.05) is 6.20 Å². The summed E-state index contributed by atoms with van der Waals surface area (Å²) in [4.78, 5) is 15.2. The van der Waals surface area contributed by atoms with Gasteiger partial charge in [-0.1, -0.05) is 0 Å². The Labute approximate surface area is 110 Å². The predicted octanol–water partition coefficient (Wildman–Crippen LogP) is -1.54. The molecule has 19 heavy (non-hydrogen) atoms. The van der Waals surface area contributed by atoms with Gasteiger partial charge in [-0.2, -0.15) is 4.98 Å². The SMILES string of the molecule is C[C@H](O)[C@@](C)(CO)O[C@H](CO)n1ccc(N)nc1=O. The van der Waals surface area contributed by atoms with Crippen molar-refractivity contribution >= 4 is 5.82 Å². The summed E-state index contributed by atoms with van der Waals surface area (Å²) in [6.45, 7) is 1.91. The van der Waals surface area contributed by atoms with Crippen molar-refractivity contribution in [3.05, 3.63) is 22.7 Å². The minimum Gasteiger partial charge on any atom is -0.393 e. The first kappa shape index (κ1) is 15.6. The summed E-state index contributed by atoms with van der Waals surface area (Å²) in [6.07, 6.45) is -0.748. The Morgan fingerprint density at radius 2 is 2.21 bits per heavy atom. The van der Waals surface area contributed by atoms with Crippen LogP contribution >= 0.6 is 0 Å². The second kappa shape index (κ2) is 6.11. The Balaban J connectivity index is 3.04. The molecule has 8 heteroatoms. The lowest BCUT2D eigenvalue weighted by molar-refractivity contribution is -0.193. The van der Waals surface area contributed by atoms with Crippen molar-refractivity contribution in [2.24, 2.45) is 0 Å². The highest BCUT2D eigenvalue weighted by molar-refractivity contribution is 5.23. The Morgan fingerprint density at radius 3 is 2.63 bits per heavy atom. The molecule has 1 heterocycles. The maximum atomic E-state index is 11.6. The summed E-state index contributed by atoms with van der Waals surface area (Å²) in [5.74, 6) is 0.0541. The first-order chi connectivity index (χ1) is 8.84. The third kappa shape index (κ3) is 3.51. The van der Waals surface area contributed by atoms with Crippen molar-refractivity contribution in [2.75, 3.05) is 18.9 Å². The van der Waals surface area contributed by atoms with Crippen LogP contribution in [0.15, 0.2) is 17.1 Å². The number of aliphatic hydroxyl groups is 3. The van der Waals surface area contributed by atoms with E-state index in [1.54, 1.807) is 0 Å². The van der Waals surface area contributed by atoms with Gasteiger partial charge < -0.3 is 25.8 Å². The van der Waals surface area contributed by atoms with Crippen LogP contribution in [-0.4, -0.2) is 49.8 Å². The first-order valence-corrected chi connectivity index (χ1v) is 5.76. The fourth-order valence-electron chi connectivity index (χ4n) is 1.41. The molecule has 0 aliphatic carbocycles. The summed E-state index contributed by atoms with van der Waals surface area (Å²) < 4.78 is 6.47. The van der Waals surface area contributed by atoms with Crippen LogP contribution in [0.25, 0.3) is 0 Å². The third-order valence-corrected chi connectivity index (χ3v) is 2.92. The Hall–Kier alpha value is -1.48. The molecule has 0 aromatic carbocycles. The lowest BCUT2D eigenvalue weighted by atomic mass is 10.0. The minimum atomic E-state index is -1.31. The number of aromatic nitrogens is 2. The van der Waals surface area contributed by atoms with Crippen molar-refractivity contribution in [1.82, 2.24) is 9.55 Å². The summed E-state index contributed by atoms with van der Waals surface area (Å²) in [7, 11) is 0. The zero-order chi connectivity index (χ0) is 14.6. The molecule has 1 aromatic rings. The van der Waals surface area contributed by atoms with E-state index in [-0.39, 0.29) is 5.82 Å². The minimum absolute atomic E-state index is 0.0541. The lowest BCUT2D eigenvalue weighted by Crippen LogP contribution is -2.47. The van der Waals surface area contributed by atoms with E-state index in [0.717, 1.165) is 4.57 Å². The van der Waals surface area contributed by atoms with E-state index in [1.165, 1.54) is 26.1 Å². The number of nitrogens with zero attached hydrogens (tertiary/aromatic N) is 2. The van der Waals surface area contributed by atoms with Crippen molar-refractivity contribution in [1.29, 1.82) is 0 Å². The van der Waals surface area contributed by atoms with Gasteiger partial charge in [0.2, 0.25) is 0 Å². The van der Waals surface area contributed by atoms with Crippen LogP contribution in [0.5, 0.6) is 0 Å². The number of aliphatic hydroxyl groups excluding tert-OH is 3. The molecule has 1 rings (SSSR count). The molecule has 3 atom stereocenters. The molecule has 0 radical (unpaired) electrons. The van der Waals surface area contributed by atoms with Gasteiger partial charge in [-0.3, -0.25) is 4.57 Å². The second-order valence-electron chi connectivity index (χ2n) is 4.44. The van der Waals surface area contributed by atoms with Crippen LogP contribution in [0.3, 0.4) is 0 Å². The molecule has 0 saturated heterocycles. The van der Waals surface area contributed by atoms with Crippen LogP contribution in [0.1, 0.15) is 20.1 Å². The van der Waals surface area contributed by atoms with Gasteiger partial charge in [0.15, 0.2) is 6.23 Å². The maximum absolute atomic E-state index is 11.6. The van der Waals surface area contributed by atoms with Crippen LogP contribution in [0.2, 0.25) is 0 Å². The van der Waals surface area contributed by atoms with Gasteiger partial charge in [-0.05, 0) is 19.9 Å². The molecule has 0 fully saturated rings. The van der Waals surface area contributed by atoms with Crippen molar-refractivity contribution in [3.8, 4) is 0 Å². The van der Waals surface area contributed by atoms with Crippen molar-refractivity contribution in [3.63, 3.8) is 0 Å². The summed E-state index contributed by atoms with van der Waals surface area (Å²) in [6, 6.07) is 1.38. The zero-order valence-electron chi connectivity index (χ0n) is 10.9. The van der Waals surface area contributed by atoms with E-state index in [0.29, 0.717) is 0 Å². The molecule has 0 aliphatic heterocycles. The van der Waals surface area contributed by atoms with E-state index >= 15 is 0 Å². The summed E-state index contributed by atoms with van der Waals surface area (Å²) in [5.41, 5.74) is 3.36. The second-order valence-corrected chi connectivity index (χ2v) is 4.44. The molecular formula is C11H19N3O5. The number of nitrogens with two attached hydrogens (primary N) is 1. The summed E-state index contributed by atoms with van der Waals surface area (Å²) >= 11 is 0. The molecule has 0 aliphatic rings. The van der Waals surface area contributed by atoms with Gasteiger partial charge in [-0.15, -0.1) is 0 Å². The topological polar surface area (TPSA) is 131 Å². The normalized spacial score (nSPS) is 17.7. The molecule has 0 amide bonds. The lowest BCUT2D eigenvalue weighted by Gasteiger charge is -2.34. The molecule has 0 unspecified atom stereocenters. The highest BCUT2D eigenvalue weighted by Crippen LogP contribution is 2.21. The van der Waals surface area contributed by atoms with Crippen molar-refractivity contribution in [2.45, 2.75) is 31.8 Å². The largest absolute Gasteiger partial charge is 0.393 e. The Bertz CT molecular complexity index is 476. The number of rotatable bonds is 6. The van der Waals surface area contributed by atoms with E-state index < -0.39 is 36.8 Å². The molecule has 108 valence electrons. The highest BCUT2D eigenvalue weighted by Gasteiger charge is 2.34. The van der Waals surface area contributed by atoms with Crippen LogP contribution in [0.4, 0.5) is 5.82 Å². The number of ether oxygens (including phenoxy) is 1. The quantitative estimate of drug-likeness (QED) is 0.494. The summed E-state index contributed by atoms with van der Waals surface area (Å²) in [5, 5.41) is 28.2. The standard InChI is InChI=1S/C11H19N3O5/c1-7(17)11(2,6-16)19-9(5-15)14-4-3-8(12)13-10(14)18/h3-4,7,9,15-17H,5-6H2,1-2H3,(H2,12,13,18)/t7-,9+,11+/m0/s1. The molecular weight excluding hydrogens is 254 g/mol. The van der Waals surface area contributed by atoms with E-state index in [2.05, 4.69) is 4.98 Å². The van der Waals surface area contributed by atoms with Crippen molar-refractivity contribution < 1.29 is 20.1 Å². The molecule has 0 spiro atoms. The van der Waals surface area contributed by atoms with E-state index in [4.69, 9.17) is 10.5 Å². The zero-order valence-corrected chi connectivity index (χ0v) is 10.9. The van der Waals surface area contributed by atoms with Gasteiger partial charge in [0.05, 0.1) is 19.3 Å². The maximum Gasteiger partial charge on any atom is 0.351 e. The number of nitrogen functional groups attached to an aromatic ring is 1. The molecule has 0 bridgehead atoms. The molecule has 0 saturated carbocycles. The third-order valence-electron chi connectivity index (χ3n) is 2.92. The van der Waals surface area contributed by atoms with Gasteiger partial charge in [0.1, 0.15) is 11.4 Å². The molecule has 1 aromatic heterocycles.